The first-order valence-corrected chi connectivity index (χ1v) is 8.00. The van der Waals surface area contributed by atoms with Crippen molar-refractivity contribution in [1.29, 1.82) is 0 Å². The first kappa shape index (κ1) is 15.8. The van der Waals surface area contributed by atoms with Crippen LogP contribution in [0.5, 0.6) is 0 Å². The second kappa shape index (κ2) is 6.65. The average Bonchev–Trinajstić information content (AvgIpc) is 3.07. The van der Waals surface area contributed by atoms with E-state index in [1.54, 1.807) is 17.8 Å². The van der Waals surface area contributed by atoms with Gasteiger partial charge < -0.3 is 14.4 Å². The topological polar surface area (TPSA) is 103 Å². The van der Waals surface area contributed by atoms with Crippen LogP contribution in [0.4, 0.5) is 5.95 Å². The number of anilines is 1. The lowest BCUT2D eigenvalue weighted by Crippen LogP contribution is -2.37. The van der Waals surface area contributed by atoms with Gasteiger partial charge in [-0.15, -0.1) is 15.3 Å². The summed E-state index contributed by atoms with van der Waals surface area (Å²) in [5, 5.41) is 12.9. The highest BCUT2D eigenvalue weighted by Crippen LogP contribution is 2.20. The Labute approximate surface area is 143 Å². The van der Waals surface area contributed by atoms with E-state index in [1.165, 1.54) is 0 Å². The molecule has 1 aliphatic heterocycles. The molecular weight excluding hydrogens is 324 g/mol. The first-order valence-electron chi connectivity index (χ1n) is 8.00. The summed E-state index contributed by atoms with van der Waals surface area (Å²) in [5.74, 6) is 1.67. The van der Waals surface area contributed by atoms with Gasteiger partial charge in [0.2, 0.25) is 5.95 Å². The maximum atomic E-state index is 5.38. The second-order valence-corrected chi connectivity index (χ2v) is 5.65. The van der Waals surface area contributed by atoms with Gasteiger partial charge in [0.25, 0.3) is 5.78 Å². The Morgan fingerprint density at radius 2 is 2.04 bits per heavy atom. The molecule has 0 aliphatic carbocycles. The van der Waals surface area contributed by atoms with Crippen molar-refractivity contribution in [3.63, 3.8) is 0 Å². The van der Waals surface area contributed by atoms with E-state index in [4.69, 9.17) is 9.47 Å². The molecule has 0 bridgehead atoms. The SMILES string of the molecule is COCc1nc2nnc(-c3ccnc(N4CCOCC4)n3)c(C)n2n1. The van der Waals surface area contributed by atoms with E-state index >= 15 is 0 Å². The van der Waals surface area contributed by atoms with Gasteiger partial charge in [-0.2, -0.15) is 9.50 Å². The minimum absolute atomic E-state index is 0.326. The summed E-state index contributed by atoms with van der Waals surface area (Å²) in [6.45, 7) is 5.15. The molecule has 130 valence electrons. The number of hydrogen-bond acceptors (Lipinski definition) is 9. The smallest absolute Gasteiger partial charge is 0.272 e. The van der Waals surface area contributed by atoms with Crippen LogP contribution in [-0.2, 0) is 16.1 Å². The molecule has 3 aromatic heterocycles. The lowest BCUT2D eigenvalue weighted by molar-refractivity contribution is 0.122. The number of ether oxygens (including phenoxy) is 2. The van der Waals surface area contributed by atoms with Crippen LogP contribution in [0.25, 0.3) is 17.2 Å². The number of methoxy groups -OCH3 is 1. The normalized spacial score (nSPS) is 15.0. The number of aromatic nitrogens is 7. The predicted octanol–water partition coefficient (Wildman–Crippen LogP) is 0.268. The molecule has 0 saturated carbocycles. The summed E-state index contributed by atoms with van der Waals surface area (Å²) in [5.41, 5.74) is 2.16. The zero-order valence-corrected chi connectivity index (χ0v) is 14.1. The highest BCUT2D eigenvalue weighted by atomic mass is 16.5. The third-order valence-electron chi connectivity index (χ3n) is 3.99. The van der Waals surface area contributed by atoms with Gasteiger partial charge in [0, 0.05) is 26.4 Å². The second-order valence-electron chi connectivity index (χ2n) is 5.65. The molecule has 3 aromatic rings. The summed E-state index contributed by atoms with van der Waals surface area (Å²) >= 11 is 0. The van der Waals surface area contributed by atoms with E-state index in [2.05, 4.69) is 35.1 Å². The number of morpholine rings is 1. The fourth-order valence-electron chi connectivity index (χ4n) is 2.73. The molecule has 0 spiro atoms. The Balaban J connectivity index is 1.72. The quantitative estimate of drug-likeness (QED) is 0.660. The van der Waals surface area contributed by atoms with Crippen LogP contribution in [0.3, 0.4) is 0 Å². The van der Waals surface area contributed by atoms with Crippen LogP contribution in [-0.4, -0.2) is 68.2 Å². The summed E-state index contributed by atoms with van der Waals surface area (Å²) in [6, 6.07) is 1.82. The van der Waals surface area contributed by atoms with Crippen molar-refractivity contribution >= 4 is 11.7 Å². The van der Waals surface area contributed by atoms with Gasteiger partial charge in [0.1, 0.15) is 12.3 Å². The molecule has 10 heteroatoms. The molecule has 1 aliphatic rings. The van der Waals surface area contributed by atoms with Gasteiger partial charge in [-0.05, 0) is 13.0 Å². The maximum absolute atomic E-state index is 5.38. The number of hydrogen-bond donors (Lipinski definition) is 0. The van der Waals surface area contributed by atoms with E-state index < -0.39 is 0 Å². The van der Waals surface area contributed by atoms with E-state index in [0.29, 0.717) is 48.8 Å². The van der Waals surface area contributed by atoms with Crippen LogP contribution < -0.4 is 4.90 Å². The Hall–Kier alpha value is -2.72. The highest BCUT2D eigenvalue weighted by molar-refractivity contribution is 5.58. The van der Waals surface area contributed by atoms with Gasteiger partial charge in [-0.1, -0.05) is 0 Å². The van der Waals surface area contributed by atoms with Crippen LogP contribution in [0.1, 0.15) is 11.5 Å². The van der Waals surface area contributed by atoms with E-state index in [-0.39, 0.29) is 0 Å². The predicted molar refractivity (Wildman–Crippen MR) is 88.1 cm³/mol. The molecule has 0 radical (unpaired) electrons. The van der Waals surface area contributed by atoms with Crippen LogP contribution >= 0.6 is 0 Å². The molecule has 4 heterocycles. The van der Waals surface area contributed by atoms with Gasteiger partial charge in [0.15, 0.2) is 5.82 Å². The molecule has 1 saturated heterocycles. The lowest BCUT2D eigenvalue weighted by atomic mass is 10.2. The molecule has 4 rings (SSSR count). The van der Waals surface area contributed by atoms with Crippen molar-refractivity contribution in [3.8, 4) is 11.4 Å². The van der Waals surface area contributed by atoms with Gasteiger partial charge in [-0.3, -0.25) is 0 Å². The summed E-state index contributed by atoms with van der Waals surface area (Å²) in [4.78, 5) is 15.4. The van der Waals surface area contributed by atoms with Gasteiger partial charge in [0.05, 0.1) is 24.6 Å². The van der Waals surface area contributed by atoms with Gasteiger partial charge >= 0.3 is 0 Å². The lowest BCUT2D eigenvalue weighted by Gasteiger charge is -2.26. The minimum atomic E-state index is 0.326. The summed E-state index contributed by atoms with van der Waals surface area (Å²) in [6.07, 6.45) is 1.73. The average molecular weight is 342 g/mol. The van der Waals surface area contributed by atoms with E-state index in [1.807, 2.05) is 13.0 Å². The molecular formula is C15H18N8O2. The fraction of sp³-hybridized carbons (Fsp3) is 0.467. The fourth-order valence-corrected chi connectivity index (χ4v) is 2.73. The van der Waals surface area contributed by atoms with Crippen molar-refractivity contribution in [2.24, 2.45) is 0 Å². The standard InChI is InChI=1S/C15H18N8O2/c1-10-13(19-20-15-18-12(9-24-2)21-23(10)15)11-3-4-16-14(17-11)22-5-7-25-8-6-22/h3-4H,5-9H2,1-2H3. The Bertz CT molecular complexity index is 890. The van der Waals surface area contributed by atoms with E-state index in [0.717, 1.165) is 18.8 Å². The number of nitrogens with zero attached hydrogens (tertiary/aromatic N) is 8. The summed E-state index contributed by atoms with van der Waals surface area (Å²) < 4.78 is 12.1. The maximum Gasteiger partial charge on any atom is 0.272 e. The minimum Gasteiger partial charge on any atom is -0.378 e. The summed E-state index contributed by atoms with van der Waals surface area (Å²) in [7, 11) is 1.60. The van der Waals surface area contributed by atoms with Crippen molar-refractivity contribution in [1.82, 2.24) is 34.8 Å². The zero-order valence-electron chi connectivity index (χ0n) is 14.1. The molecule has 0 N–H and O–H groups in total. The molecule has 10 nitrogen and oxygen atoms in total. The molecule has 0 atom stereocenters. The van der Waals surface area contributed by atoms with Crippen LogP contribution in [0.2, 0.25) is 0 Å². The monoisotopic (exact) mass is 342 g/mol. The number of fused-ring (bicyclic) bond motifs is 1. The molecule has 1 fully saturated rings. The van der Waals surface area contributed by atoms with Crippen LogP contribution in [0, 0.1) is 6.92 Å². The molecule has 0 aromatic carbocycles. The number of rotatable bonds is 4. The van der Waals surface area contributed by atoms with Crippen molar-refractivity contribution < 1.29 is 9.47 Å². The van der Waals surface area contributed by atoms with Gasteiger partial charge in [-0.25, -0.2) is 9.97 Å². The van der Waals surface area contributed by atoms with Crippen molar-refractivity contribution in [3.05, 3.63) is 23.8 Å². The molecule has 25 heavy (non-hydrogen) atoms. The number of aryl methyl sites for hydroxylation is 1. The Morgan fingerprint density at radius 3 is 2.84 bits per heavy atom. The van der Waals surface area contributed by atoms with Crippen molar-refractivity contribution in [2.45, 2.75) is 13.5 Å². The molecule has 0 amide bonds. The largest absolute Gasteiger partial charge is 0.378 e. The third kappa shape index (κ3) is 3.01. The highest BCUT2D eigenvalue weighted by Gasteiger charge is 2.17. The van der Waals surface area contributed by atoms with E-state index in [9.17, 15) is 0 Å². The Kier molecular flexibility index (Phi) is 4.20. The zero-order chi connectivity index (χ0) is 17.2. The first-order chi connectivity index (χ1) is 12.3. The Morgan fingerprint density at radius 1 is 1.20 bits per heavy atom. The van der Waals surface area contributed by atoms with Crippen LogP contribution in [0.15, 0.2) is 12.3 Å². The molecule has 0 unspecified atom stereocenters. The third-order valence-corrected chi connectivity index (χ3v) is 3.99. The van der Waals surface area contributed by atoms with Crippen molar-refractivity contribution in [2.75, 3.05) is 38.3 Å².